The lowest BCUT2D eigenvalue weighted by Gasteiger charge is -2.22. The molecule has 0 unspecified atom stereocenters. The molecule has 6 nitrogen and oxygen atoms in total. The number of rotatable bonds is 5. The molecule has 1 saturated heterocycles. The summed E-state index contributed by atoms with van der Waals surface area (Å²) < 4.78 is 5.43. The Hall–Kier alpha value is -2.31. The number of anilines is 1. The summed E-state index contributed by atoms with van der Waals surface area (Å²) in [6.45, 7) is 6.59. The maximum absolute atomic E-state index is 12.6. The molecule has 0 bridgehead atoms. The van der Waals surface area contributed by atoms with Gasteiger partial charge in [0.15, 0.2) is 0 Å². The monoisotopic (exact) mass is 388 g/mol. The topological polar surface area (TPSA) is 57.7 Å². The average molecular weight is 389 g/mol. The lowest BCUT2D eigenvalue weighted by atomic mass is 10.2. The van der Waals surface area contributed by atoms with E-state index in [4.69, 9.17) is 16.3 Å². The van der Waals surface area contributed by atoms with Crippen molar-refractivity contribution >= 4 is 23.3 Å². The van der Waals surface area contributed by atoms with Gasteiger partial charge in [0.05, 0.1) is 11.6 Å². The Morgan fingerprint density at radius 2 is 2.00 bits per heavy atom. The van der Waals surface area contributed by atoms with Crippen molar-refractivity contribution in [2.24, 2.45) is 0 Å². The third-order valence-electron chi connectivity index (χ3n) is 4.51. The molecule has 2 heterocycles. The van der Waals surface area contributed by atoms with Crippen molar-refractivity contribution in [2.45, 2.75) is 19.9 Å². The molecule has 2 amide bonds. The highest BCUT2D eigenvalue weighted by molar-refractivity contribution is 6.32. The Bertz CT molecular complexity index is 757. The van der Waals surface area contributed by atoms with Gasteiger partial charge in [-0.2, -0.15) is 0 Å². The number of carbonyl (C=O) groups excluding carboxylic acids is 1. The van der Waals surface area contributed by atoms with Crippen LogP contribution in [0.4, 0.5) is 10.5 Å². The Morgan fingerprint density at radius 3 is 2.74 bits per heavy atom. The normalized spacial score (nSPS) is 15.3. The fourth-order valence-electron chi connectivity index (χ4n) is 3.13. The summed E-state index contributed by atoms with van der Waals surface area (Å²) in [6.07, 6.45) is 4.58. The number of benzene rings is 1. The summed E-state index contributed by atoms with van der Waals surface area (Å²) in [5, 5.41) is 3.43. The van der Waals surface area contributed by atoms with Gasteiger partial charge in [-0.05, 0) is 49.2 Å². The third kappa shape index (κ3) is 5.58. The van der Waals surface area contributed by atoms with E-state index in [0.717, 1.165) is 32.6 Å². The second kappa shape index (κ2) is 9.58. The van der Waals surface area contributed by atoms with Crippen LogP contribution in [0.15, 0.2) is 42.7 Å². The molecular weight excluding hydrogens is 364 g/mol. The van der Waals surface area contributed by atoms with Gasteiger partial charge in [0, 0.05) is 50.8 Å². The number of urea groups is 1. The summed E-state index contributed by atoms with van der Waals surface area (Å²) in [6, 6.07) is 9.28. The largest absolute Gasteiger partial charge is 0.492 e. The van der Waals surface area contributed by atoms with E-state index in [2.05, 4.69) is 15.2 Å². The number of ether oxygens (including phenoxy) is 1. The number of nitrogens with one attached hydrogen (secondary N) is 1. The summed E-state index contributed by atoms with van der Waals surface area (Å²) in [4.78, 5) is 20.9. The zero-order valence-electron chi connectivity index (χ0n) is 15.5. The van der Waals surface area contributed by atoms with Gasteiger partial charge in [0.1, 0.15) is 5.75 Å². The van der Waals surface area contributed by atoms with Crippen LogP contribution in [-0.2, 0) is 6.54 Å². The molecule has 0 saturated carbocycles. The second-order valence-electron chi connectivity index (χ2n) is 6.48. The fraction of sp³-hybridized carbons (Fsp3) is 0.400. The maximum Gasteiger partial charge on any atom is 0.321 e. The van der Waals surface area contributed by atoms with E-state index < -0.39 is 0 Å². The number of pyridine rings is 1. The highest BCUT2D eigenvalue weighted by Gasteiger charge is 2.19. The number of amides is 2. The zero-order valence-corrected chi connectivity index (χ0v) is 16.3. The standard InChI is InChI=1S/C20H25ClN4O2/c1-2-27-19-5-4-17(14-18(19)21)23-20(26)25-11-3-10-24(12-13-25)15-16-6-8-22-9-7-16/h4-9,14H,2-3,10-13,15H2,1H3,(H,23,26). The van der Waals surface area contributed by atoms with Gasteiger partial charge in [0.2, 0.25) is 0 Å². The van der Waals surface area contributed by atoms with E-state index in [0.29, 0.717) is 29.6 Å². The van der Waals surface area contributed by atoms with E-state index in [1.807, 2.05) is 42.4 Å². The van der Waals surface area contributed by atoms with E-state index in [1.54, 1.807) is 12.1 Å². The van der Waals surface area contributed by atoms with Crippen molar-refractivity contribution in [3.05, 3.63) is 53.3 Å². The molecular formula is C20H25ClN4O2. The molecule has 2 aromatic rings. The summed E-state index contributed by atoms with van der Waals surface area (Å²) in [5.74, 6) is 0.624. The first kappa shape index (κ1) is 19.5. The predicted molar refractivity (Wildman–Crippen MR) is 107 cm³/mol. The molecule has 1 aliphatic heterocycles. The van der Waals surface area contributed by atoms with Crippen molar-refractivity contribution in [1.29, 1.82) is 0 Å². The van der Waals surface area contributed by atoms with Gasteiger partial charge in [-0.1, -0.05) is 11.6 Å². The Balaban J connectivity index is 1.54. The molecule has 27 heavy (non-hydrogen) atoms. The van der Waals surface area contributed by atoms with Crippen LogP contribution in [-0.4, -0.2) is 53.6 Å². The minimum Gasteiger partial charge on any atom is -0.492 e. The first-order chi connectivity index (χ1) is 13.2. The molecule has 1 aliphatic rings. The van der Waals surface area contributed by atoms with Crippen molar-refractivity contribution in [1.82, 2.24) is 14.8 Å². The van der Waals surface area contributed by atoms with Crippen molar-refractivity contribution in [3.8, 4) is 5.75 Å². The van der Waals surface area contributed by atoms with Gasteiger partial charge >= 0.3 is 6.03 Å². The molecule has 3 rings (SSSR count). The van der Waals surface area contributed by atoms with Crippen molar-refractivity contribution < 1.29 is 9.53 Å². The summed E-state index contributed by atoms with van der Waals surface area (Å²) in [7, 11) is 0. The highest BCUT2D eigenvalue weighted by Crippen LogP contribution is 2.27. The number of halogens is 1. The number of hydrogen-bond acceptors (Lipinski definition) is 4. The fourth-order valence-corrected chi connectivity index (χ4v) is 3.37. The summed E-state index contributed by atoms with van der Waals surface area (Å²) >= 11 is 6.20. The molecule has 7 heteroatoms. The Morgan fingerprint density at radius 1 is 1.19 bits per heavy atom. The van der Waals surface area contributed by atoms with E-state index in [9.17, 15) is 4.79 Å². The molecule has 144 valence electrons. The quantitative estimate of drug-likeness (QED) is 0.844. The molecule has 1 N–H and O–H groups in total. The van der Waals surface area contributed by atoms with Crippen LogP contribution in [0.25, 0.3) is 0 Å². The number of hydrogen-bond donors (Lipinski definition) is 1. The number of carbonyl (C=O) groups is 1. The summed E-state index contributed by atoms with van der Waals surface area (Å²) in [5.41, 5.74) is 1.92. The van der Waals surface area contributed by atoms with E-state index in [1.165, 1.54) is 5.56 Å². The number of aromatic nitrogens is 1. The zero-order chi connectivity index (χ0) is 19.1. The average Bonchev–Trinajstić information content (AvgIpc) is 2.91. The Labute approximate surface area is 165 Å². The minimum absolute atomic E-state index is 0.0963. The van der Waals surface area contributed by atoms with Crippen LogP contribution in [0, 0.1) is 0 Å². The van der Waals surface area contributed by atoms with Crippen LogP contribution in [0.5, 0.6) is 5.75 Å². The Kier molecular flexibility index (Phi) is 6.90. The van der Waals surface area contributed by atoms with E-state index in [-0.39, 0.29) is 6.03 Å². The van der Waals surface area contributed by atoms with Crippen LogP contribution < -0.4 is 10.1 Å². The van der Waals surface area contributed by atoms with Crippen molar-refractivity contribution in [3.63, 3.8) is 0 Å². The molecule has 0 atom stereocenters. The van der Waals surface area contributed by atoms with Gasteiger partial charge in [-0.15, -0.1) is 0 Å². The lowest BCUT2D eigenvalue weighted by molar-refractivity contribution is 0.211. The smallest absolute Gasteiger partial charge is 0.321 e. The molecule has 0 radical (unpaired) electrons. The van der Waals surface area contributed by atoms with Crippen LogP contribution >= 0.6 is 11.6 Å². The maximum atomic E-state index is 12.6. The molecule has 1 fully saturated rings. The first-order valence-corrected chi connectivity index (χ1v) is 9.63. The van der Waals surface area contributed by atoms with Crippen LogP contribution in [0.2, 0.25) is 5.02 Å². The van der Waals surface area contributed by atoms with Gasteiger partial charge in [0.25, 0.3) is 0 Å². The molecule has 1 aromatic heterocycles. The first-order valence-electron chi connectivity index (χ1n) is 9.25. The molecule has 1 aromatic carbocycles. The SMILES string of the molecule is CCOc1ccc(NC(=O)N2CCCN(Cc3ccncc3)CC2)cc1Cl. The van der Waals surface area contributed by atoms with Gasteiger partial charge in [-0.25, -0.2) is 4.79 Å². The second-order valence-corrected chi connectivity index (χ2v) is 6.89. The lowest BCUT2D eigenvalue weighted by Crippen LogP contribution is -2.38. The molecule has 0 spiro atoms. The van der Waals surface area contributed by atoms with E-state index >= 15 is 0 Å². The predicted octanol–water partition coefficient (Wildman–Crippen LogP) is 3.87. The number of nitrogens with zero attached hydrogens (tertiary/aromatic N) is 3. The minimum atomic E-state index is -0.0963. The molecule has 0 aliphatic carbocycles. The third-order valence-corrected chi connectivity index (χ3v) is 4.81. The van der Waals surface area contributed by atoms with Crippen LogP contribution in [0.1, 0.15) is 18.9 Å². The van der Waals surface area contributed by atoms with Crippen molar-refractivity contribution in [2.75, 3.05) is 38.1 Å². The highest BCUT2D eigenvalue weighted by atomic mass is 35.5. The van der Waals surface area contributed by atoms with Gasteiger partial charge < -0.3 is 15.0 Å². The van der Waals surface area contributed by atoms with Crippen LogP contribution in [0.3, 0.4) is 0 Å². The van der Waals surface area contributed by atoms with Gasteiger partial charge in [-0.3, -0.25) is 9.88 Å².